The van der Waals surface area contributed by atoms with Gasteiger partial charge in [0.2, 0.25) is 11.6 Å². The fourth-order valence-electron chi connectivity index (χ4n) is 3.27. The Morgan fingerprint density at radius 1 is 1.07 bits per heavy atom. The number of aromatic hydroxyl groups is 1. The summed E-state index contributed by atoms with van der Waals surface area (Å²) in [5.74, 6) is -3.07. The van der Waals surface area contributed by atoms with E-state index in [2.05, 4.69) is 0 Å². The third-order valence-electron chi connectivity index (χ3n) is 5.42. The lowest BCUT2D eigenvalue weighted by molar-refractivity contribution is -0.144. The van der Waals surface area contributed by atoms with Crippen LogP contribution in [-0.2, 0) is 25.5 Å². The van der Waals surface area contributed by atoms with Gasteiger partial charge in [-0.3, -0.25) is 14.4 Å². The number of ketones is 3. The maximum atomic E-state index is 12.8. The van der Waals surface area contributed by atoms with Gasteiger partial charge in [0, 0.05) is 18.9 Å². The van der Waals surface area contributed by atoms with Gasteiger partial charge in [0.15, 0.2) is 0 Å². The van der Waals surface area contributed by atoms with Crippen LogP contribution in [0.5, 0.6) is 11.5 Å². The second-order valence-electron chi connectivity index (χ2n) is 7.83. The number of fused-ring (bicyclic) bond motifs is 1. The predicted molar refractivity (Wildman–Crippen MR) is 110 cm³/mol. The van der Waals surface area contributed by atoms with E-state index < -0.39 is 29.4 Å². The first-order valence-electron chi connectivity index (χ1n) is 10.5. The number of cyclic esters (lactones) is 1. The van der Waals surface area contributed by atoms with Gasteiger partial charge in [-0.2, -0.15) is 0 Å². The van der Waals surface area contributed by atoms with Crippen LogP contribution >= 0.6 is 0 Å². The lowest BCUT2D eigenvalue weighted by Gasteiger charge is -2.22. The molecule has 1 aromatic carbocycles. The molecule has 1 aliphatic rings. The van der Waals surface area contributed by atoms with Crippen molar-refractivity contribution in [3.05, 3.63) is 23.3 Å². The molecular weight excluding hydrogens is 388 g/mol. The molecule has 0 fully saturated rings. The van der Waals surface area contributed by atoms with Crippen LogP contribution in [0.25, 0.3) is 0 Å². The summed E-state index contributed by atoms with van der Waals surface area (Å²) >= 11 is 0. The van der Waals surface area contributed by atoms with Gasteiger partial charge in [-0.25, -0.2) is 4.79 Å². The molecule has 164 valence electrons. The minimum absolute atomic E-state index is 0.0452. The second-order valence-corrected chi connectivity index (χ2v) is 7.83. The molecule has 1 heterocycles. The number of unbranched alkanes of at least 4 members (excludes halogenated alkanes) is 1. The molecular formula is C23H30O7. The Labute approximate surface area is 176 Å². The van der Waals surface area contributed by atoms with Crippen molar-refractivity contribution >= 4 is 23.3 Å². The molecule has 0 saturated heterocycles. The standard InChI is InChI=1S/C23H30O7/c1-4-5-11-29-17-12-16-7-6-8-18(24)22(27)19(25)10-9-14(2)15(3)30-23(28)21(16)20(26)13-17/h12-15,26H,4-11H2,1-3H3/t14-,15+/m1/s1. The number of aryl methyl sites for hydroxylation is 1. The number of phenols is 1. The van der Waals surface area contributed by atoms with Gasteiger partial charge in [0.25, 0.3) is 5.78 Å². The van der Waals surface area contributed by atoms with Crippen LogP contribution in [0.4, 0.5) is 0 Å². The summed E-state index contributed by atoms with van der Waals surface area (Å²) in [5, 5.41) is 10.5. The summed E-state index contributed by atoms with van der Waals surface area (Å²) in [6, 6.07) is 3.05. The lowest BCUT2D eigenvalue weighted by Crippen LogP contribution is -2.27. The molecule has 1 aromatic rings. The number of rotatable bonds is 4. The maximum absolute atomic E-state index is 12.8. The number of hydrogen-bond donors (Lipinski definition) is 1. The molecule has 0 saturated carbocycles. The zero-order valence-electron chi connectivity index (χ0n) is 17.9. The predicted octanol–water partition coefficient (Wildman–Crippen LogP) is 3.58. The average Bonchev–Trinajstić information content (AvgIpc) is 2.70. The molecule has 0 aliphatic carbocycles. The summed E-state index contributed by atoms with van der Waals surface area (Å²) in [6.07, 6.45) is 1.92. The number of esters is 1. The van der Waals surface area contributed by atoms with Gasteiger partial charge in [0.05, 0.1) is 6.61 Å². The molecule has 30 heavy (non-hydrogen) atoms. The van der Waals surface area contributed by atoms with Gasteiger partial charge in [-0.1, -0.05) is 20.3 Å². The van der Waals surface area contributed by atoms with E-state index >= 15 is 0 Å². The molecule has 7 nitrogen and oxygen atoms in total. The van der Waals surface area contributed by atoms with E-state index in [1.54, 1.807) is 19.9 Å². The zero-order chi connectivity index (χ0) is 22.3. The molecule has 1 N–H and O–H groups in total. The largest absolute Gasteiger partial charge is 0.507 e. The molecule has 2 atom stereocenters. The third kappa shape index (κ3) is 6.15. The van der Waals surface area contributed by atoms with Crippen molar-refractivity contribution in [3.63, 3.8) is 0 Å². The van der Waals surface area contributed by atoms with Crippen LogP contribution in [-0.4, -0.2) is 41.1 Å². The molecule has 0 unspecified atom stereocenters. The highest BCUT2D eigenvalue weighted by atomic mass is 16.5. The smallest absolute Gasteiger partial charge is 0.342 e. The normalized spacial score (nSPS) is 21.6. The van der Waals surface area contributed by atoms with Crippen molar-refractivity contribution in [2.75, 3.05) is 6.61 Å². The number of hydrogen-bond acceptors (Lipinski definition) is 7. The molecule has 0 amide bonds. The van der Waals surface area contributed by atoms with Gasteiger partial charge in [0.1, 0.15) is 23.2 Å². The van der Waals surface area contributed by atoms with Crippen molar-refractivity contribution in [1.82, 2.24) is 0 Å². The van der Waals surface area contributed by atoms with Crippen LogP contribution in [0.2, 0.25) is 0 Å². The minimum atomic E-state index is -0.969. The molecule has 7 heteroatoms. The van der Waals surface area contributed by atoms with Crippen molar-refractivity contribution < 1.29 is 33.8 Å². The summed E-state index contributed by atoms with van der Waals surface area (Å²) < 4.78 is 11.2. The van der Waals surface area contributed by atoms with Crippen LogP contribution in [0.3, 0.4) is 0 Å². The minimum Gasteiger partial charge on any atom is -0.507 e. The monoisotopic (exact) mass is 418 g/mol. The zero-order valence-corrected chi connectivity index (χ0v) is 17.9. The third-order valence-corrected chi connectivity index (χ3v) is 5.42. The van der Waals surface area contributed by atoms with Gasteiger partial charge < -0.3 is 14.6 Å². The first-order chi connectivity index (χ1) is 14.2. The summed E-state index contributed by atoms with van der Waals surface area (Å²) in [4.78, 5) is 48.9. The Balaban J connectivity index is 2.35. The summed E-state index contributed by atoms with van der Waals surface area (Å²) in [6.45, 7) is 6.01. The van der Waals surface area contributed by atoms with Crippen LogP contribution < -0.4 is 4.74 Å². The highest BCUT2D eigenvalue weighted by molar-refractivity contribution is 6.63. The van der Waals surface area contributed by atoms with Crippen LogP contribution in [0.15, 0.2) is 12.1 Å². The Morgan fingerprint density at radius 2 is 1.77 bits per heavy atom. The second kappa shape index (κ2) is 10.9. The summed E-state index contributed by atoms with van der Waals surface area (Å²) in [7, 11) is 0. The fourth-order valence-corrected chi connectivity index (χ4v) is 3.27. The fraction of sp³-hybridized carbons (Fsp3) is 0.565. The van der Waals surface area contributed by atoms with Gasteiger partial charge in [-0.05, 0) is 50.2 Å². The number of ether oxygens (including phenoxy) is 2. The van der Waals surface area contributed by atoms with Crippen molar-refractivity contribution in [3.8, 4) is 11.5 Å². The van der Waals surface area contributed by atoms with E-state index in [4.69, 9.17) is 9.47 Å². The van der Waals surface area contributed by atoms with Gasteiger partial charge >= 0.3 is 5.97 Å². The van der Waals surface area contributed by atoms with E-state index in [1.807, 2.05) is 6.92 Å². The van der Waals surface area contributed by atoms with Crippen molar-refractivity contribution in [2.45, 2.75) is 71.8 Å². The molecule has 2 rings (SSSR count). The summed E-state index contributed by atoms with van der Waals surface area (Å²) in [5.41, 5.74) is 0.527. The number of Topliss-reactive ketones (excluding diaryl/α,β-unsaturated/α-hetero) is 3. The Bertz CT molecular complexity index is 812. The molecule has 0 spiro atoms. The quantitative estimate of drug-likeness (QED) is 0.452. The number of benzene rings is 1. The molecule has 0 radical (unpaired) electrons. The number of carbonyl (C=O) groups is 4. The molecule has 0 bridgehead atoms. The topological polar surface area (TPSA) is 107 Å². The highest BCUT2D eigenvalue weighted by Crippen LogP contribution is 2.31. The Hall–Kier alpha value is -2.70. The number of carbonyl (C=O) groups excluding carboxylic acids is 4. The first-order valence-corrected chi connectivity index (χ1v) is 10.5. The lowest BCUT2D eigenvalue weighted by atomic mass is 9.94. The van der Waals surface area contributed by atoms with Gasteiger partial charge in [-0.15, -0.1) is 0 Å². The Kier molecular flexibility index (Phi) is 8.57. The van der Waals surface area contributed by atoms with E-state index in [0.29, 0.717) is 24.3 Å². The van der Waals surface area contributed by atoms with Crippen molar-refractivity contribution in [1.29, 1.82) is 0 Å². The Morgan fingerprint density at radius 3 is 2.47 bits per heavy atom. The maximum Gasteiger partial charge on any atom is 0.342 e. The first kappa shape index (κ1) is 23.6. The molecule has 0 aromatic heterocycles. The van der Waals surface area contributed by atoms with Crippen LogP contribution in [0, 0.1) is 5.92 Å². The van der Waals surface area contributed by atoms with Crippen LogP contribution in [0.1, 0.15) is 75.2 Å². The molecule has 1 aliphatic heterocycles. The SMILES string of the molecule is CCCCOc1cc(O)c2c(c1)CCCC(=O)C(=O)C(=O)CC[C@@H](C)[C@H](C)OC2=O. The van der Waals surface area contributed by atoms with E-state index in [0.717, 1.165) is 12.8 Å². The van der Waals surface area contributed by atoms with Crippen molar-refractivity contribution in [2.24, 2.45) is 5.92 Å². The van der Waals surface area contributed by atoms with E-state index in [1.165, 1.54) is 6.07 Å². The average molecular weight is 418 g/mol. The number of phenolic OH excluding ortho intramolecular Hbond substituents is 1. The highest BCUT2D eigenvalue weighted by Gasteiger charge is 2.27. The van der Waals surface area contributed by atoms with E-state index in [9.17, 15) is 24.3 Å². The van der Waals surface area contributed by atoms with E-state index in [-0.39, 0.29) is 42.9 Å².